The fraction of sp³-hybridized carbons (Fsp3) is 0.300. The highest BCUT2D eigenvalue weighted by molar-refractivity contribution is 8.14. The molecule has 17 heavy (non-hydrogen) atoms. The lowest BCUT2D eigenvalue weighted by atomic mass is 10.1. The minimum Gasteiger partial charge on any atom is -0.336 e. The van der Waals surface area contributed by atoms with Crippen molar-refractivity contribution >= 4 is 37.2 Å². The molecule has 0 spiro atoms. The zero-order chi connectivity index (χ0) is 12.6. The second-order valence-corrected chi connectivity index (χ2v) is 7.16. The van der Waals surface area contributed by atoms with Crippen LogP contribution in [0, 0.1) is 0 Å². The lowest BCUT2D eigenvalue weighted by molar-refractivity contribution is 0.0660. The molecule has 1 aromatic carbocycles. The van der Waals surface area contributed by atoms with Crippen LogP contribution in [0.5, 0.6) is 0 Å². The summed E-state index contributed by atoms with van der Waals surface area (Å²) >= 11 is 5.77. The van der Waals surface area contributed by atoms with Crippen LogP contribution < -0.4 is 0 Å². The molecule has 1 aliphatic heterocycles. The molecule has 0 radical (unpaired) electrons. The van der Waals surface area contributed by atoms with Crippen LogP contribution >= 0.6 is 22.3 Å². The predicted molar refractivity (Wildman–Crippen MR) is 65.9 cm³/mol. The molecule has 1 saturated heterocycles. The fourth-order valence-corrected chi connectivity index (χ4v) is 2.83. The van der Waals surface area contributed by atoms with E-state index in [1.165, 1.54) is 4.90 Å². The van der Waals surface area contributed by atoms with Crippen LogP contribution in [-0.2, 0) is 9.05 Å². The lowest BCUT2D eigenvalue weighted by Gasteiger charge is -2.37. The maximum atomic E-state index is 11.9. The van der Waals surface area contributed by atoms with Gasteiger partial charge in [0.15, 0.2) is 0 Å². The van der Waals surface area contributed by atoms with Gasteiger partial charge in [0.1, 0.15) is 5.25 Å². The lowest BCUT2D eigenvalue weighted by Crippen LogP contribution is -2.55. The number of likely N-dealkylation sites (tertiary alicyclic amines) is 1. The summed E-state index contributed by atoms with van der Waals surface area (Å²) < 4.78 is 22.0. The average molecular weight is 294 g/mol. The third-order valence-corrected chi connectivity index (χ3v) is 4.69. The normalized spacial score (nSPS) is 16.7. The molecular weight excluding hydrogens is 285 g/mol. The van der Waals surface area contributed by atoms with E-state index in [1.807, 2.05) is 0 Å². The third kappa shape index (κ3) is 2.73. The first-order chi connectivity index (χ1) is 7.88. The molecule has 1 aliphatic rings. The second kappa shape index (κ2) is 4.48. The van der Waals surface area contributed by atoms with Crippen LogP contribution in [0.2, 0.25) is 5.02 Å². The number of nitrogens with zero attached hydrogens (tertiary/aromatic N) is 1. The van der Waals surface area contributed by atoms with E-state index in [0.29, 0.717) is 10.6 Å². The standard InChI is InChI=1S/C10H9Cl2NO3S/c11-8-3-1-2-7(4-8)10(14)13-5-9(6-13)17(12,15)16/h1-4,9H,5-6H2. The molecule has 0 atom stereocenters. The number of carbonyl (C=O) groups excluding carboxylic acids is 1. The molecule has 1 heterocycles. The van der Waals surface area contributed by atoms with Gasteiger partial charge in [-0.15, -0.1) is 0 Å². The van der Waals surface area contributed by atoms with Gasteiger partial charge in [-0.1, -0.05) is 17.7 Å². The topological polar surface area (TPSA) is 54.5 Å². The van der Waals surface area contributed by atoms with Gasteiger partial charge in [0.05, 0.1) is 0 Å². The SMILES string of the molecule is O=C(c1cccc(Cl)c1)N1CC(S(=O)(=O)Cl)C1. The zero-order valence-corrected chi connectivity index (χ0v) is 11.0. The predicted octanol–water partition coefficient (Wildman–Crippen LogP) is 1.73. The number of halogens is 2. The van der Waals surface area contributed by atoms with Crippen molar-refractivity contribution in [2.24, 2.45) is 0 Å². The Labute approximate surface area is 109 Å². The van der Waals surface area contributed by atoms with Crippen molar-refractivity contribution in [3.05, 3.63) is 34.9 Å². The first-order valence-corrected chi connectivity index (χ1v) is 7.61. The highest BCUT2D eigenvalue weighted by Crippen LogP contribution is 2.22. The van der Waals surface area contributed by atoms with E-state index >= 15 is 0 Å². The van der Waals surface area contributed by atoms with Crippen molar-refractivity contribution < 1.29 is 13.2 Å². The fourth-order valence-electron chi connectivity index (χ4n) is 1.59. The van der Waals surface area contributed by atoms with E-state index in [1.54, 1.807) is 24.3 Å². The van der Waals surface area contributed by atoms with Gasteiger partial charge < -0.3 is 4.90 Å². The highest BCUT2D eigenvalue weighted by atomic mass is 35.7. The van der Waals surface area contributed by atoms with E-state index in [4.69, 9.17) is 22.3 Å². The molecule has 1 amide bonds. The Kier molecular flexibility index (Phi) is 3.34. The molecule has 0 aromatic heterocycles. The van der Waals surface area contributed by atoms with Gasteiger partial charge in [0.25, 0.3) is 5.91 Å². The summed E-state index contributed by atoms with van der Waals surface area (Å²) in [5, 5.41) is -0.190. The smallest absolute Gasteiger partial charge is 0.253 e. The van der Waals surface area contributed by atoms with Crippen molar-refractivity contribution in [1.82, 2.24) is 4.90 Å². The maximum absolute atomic E-state index is 11.9. The van der Waals surface area contributed by atoms with Gasteiger partial charge in [-0.25, -0.2) is 8.42 Å². The second-order valence-electron chi connectivity index (χ2n) is 3.82. The zero-order valence-electron chi connectivity index (χ0n) is 8.64. The van der Waals surface area contributed by atoms with Crippen LogP contribution in [0.3, 0.4) is 0 Å². The van der Waals surface area contributed by atoms with Gasteiger partial charge >= 0.3 is 0 Å². The minimum absolute atomic E-state index is 0.136. The van der Waals surface area contributed by atoms with Gasteiger partial charge in [-0.05, 0) is 18.2 Å². The Hall–Kier alpha value is -0.780. The molecule has 0 saturated carbocycles. The van der Waals surface area contributed by atoms with Crippen LogP contribution in [0.4, 0.5) is 0 Å². The van der Waals surface area contributed by atoms with Crippen molar-refractivity contribution in [1.29, 1.82) is 0 Å². The summed E-state index contributed by atoms with van der Waals surface area (Å²) in [5.41, 5.74) is 0.447. The Balaban J connectivity index is 2.05. The van der Waals surface area contributed by atoms with Crippen LogP contribution in [-0.4, -0.2) is 37.6 Å². The number of hydrogen-bond acceptors (Lipinski definition) is 3. The van der Waals surface area contributed by atoms with E-state index < -0.39 is 14.3 Å². The summed E-state index contributed by atoms with van der Waals surface area (Å²) in [4.78, 5) is 13.3. The molecule has 92 valence electrons. The summed E-state index contributed by atoms with van der Waals surface area (Å²) in [6.07, 6.45) is 0. The molecular formula is C10H9Cl2NO3S. The molecule has 1 aromatic rings. The van der Waals surface area contributed by atoms with Crippen molar-refractivity contribution in [3.8, 4) is 0 Å². The third-order valence-electron chi connectivity index (χ3n) is 2.60. The largest absolute Gasteiger partial charge is 0.336 e. The van der Waals surface area contributed by atoms with Crippen molar-refractivity contribution in [2.45, 2.75) is 5.25 Å². The number of benzene rings is 1. The molecule has 4 nitrogen and oxygen atoms in total. The first kappa shape index (κ1) is 12.7. The molecule has 0 aliphatic carbocycles. The van der Waals surface area contributed by atoms with Gasteiger partial charge in [-0.3, -0.25) is 4.79 Å². The van der Waals surface area contributed by atoms with E-state index in [-0.39, 0.29) is 19.0 Å². The highest BCUT2D eigenvalue weighted by Gasteiger charge is 2.38. The Morgan fingerprint density at radius 1 is 1.35 bits per heavy atom. The van der Waals surface area contributed by atoms with Crippen molar-refractivity contribution in [3.63, 3.8) is 0 Å². The quantitative estimate of drug-likeness (QED) is 0.781. The maximum Gasteiger partial charge on any atom is 0.253 e. The van der Waals surface area contributed by atoms with Crippen LogP contribution in [0.15, 0.2) is 24.3 Å². The number of amides is 1. The van der Waals surface area contributed by atoms with Gasteiger partial charge in [0.2, 0.25) is 9.05 Å². The Morgan fingerprint density at radius 3 is 2.53 bits per heavy atom. The Morgan fingerprint density at radius 2 is 2.00 bits per heavy atom. The van der Waals surface area contributed by atoms with Crippen LogP contribution in [0.1, 0.15) is 10.4 Å². The molecule has 1 fully saturated rings. The average Bonchev–Trinajstić information content (AvgIpc) is 2.12. The number of rotatable bonds is 2. The molecule has 7 heteroatoms. The minimum atomic E-state index is -3.57. The molecule has 0 N–H and O–H groups in total. The molecule has 0 unspecified atom stereocenters. The van der Waals surface area contributed by atoms with E-state index in [2.05, 4.69) is 0 Å². The van der Waals surface area contributed by atoms with Crippen molar-refractivity contribution in [2.75, 3.05) is 13.1 Å². The van der Waals surface area contributed by atoms with Gasteiger partial charge in [-0.2, -0.15) is 0 Å². The number of hydrogen-bond donors (Lipinski definition) is 0. The molecule has 0 bridgehead atoms. The van der Waals surface area contributed by atoms with E-state index in [0.717, 1.165) is 0 Å². The number of carbonyl (C=O) groups is 1. The first-order valence-electron chi connectivity index (χ1n) is 4.86. The van der Waals surface area contributed by atoms with Gasteiger partial charge in [0, 0.05) is 34.4 Å². The van der Waals surface area contributed by atoms with Crippen LogP contribution in [0.25, 0.3) is 0 Å². The summed E-state index contributed by atoms with van der Waals surface area (Å²) in [6.45, 7) is 0.272. The monoisotopic (exact) mass is 293 g/mol. The summed E-state index contributed by atoms with van der Waals surface area (Å²) in [5.74, 6) is -0.232. The van der Waals surface area contributed by atoms with E-state index in [9.17, 15) is 13.2 Å². The Bertz CT molecular complexity index is 552. The summed E-state index contributed by atoms with van der Waals surface area (Å²) in [7, 11) is 1.62. The summed E-state index contributed by atoms with van der Waals surface area (Å²) in [6, 6.07) is 6.52. The molecule has 2 rings (SSSR count).